The van der Waals surface area contributed by atoms with Crippen molar-refractivity contribution >= 4 is 28.3 Å². The number of amides is 2. The van der Waals surface area contributed by atoms with Gasteiger partial charge in [-0.05, 0) is 13.0 Å². The van der Waals surface area contributed by atoms with Gasteiger partial charge in [-0.15, -0.1) is 0 Å². The predicted octanol–water partition coefficient (Wildman–Crippen LogP) is 1.57. The van der Waals surface area contributed by atoms with Crippen LogP contribution < -0.4 is 0 Å². The summed E-state index contributed by atoms with van der Waals surface area (Å²) < 4.78 is 4.90. The van der Waals surface area contributed by atoms with Crippen molar-refractivity contribution in [2.75, 3.05) is 32.8 Å². The van der Waals surface area contributed by atoms with Crippen molar-refractivity contribution in [3.63, 3.8) is 0 Å². The van der Waals surface area contributed by atoms with Gasteiger partial charge in [0, 0.05) is 32.2 Å². The molecule has 0 atom stereocenters. The summed E-state index contributed by atoms with van der Waals surface area (Å²) >= 11 is 0.862. The molecular formula is C12H15N3O5S. The Kier molecular flexibility index (Phi) is 4.73. The van der Waals surface area contributed by atoms with Gasteiger partial charge in [0.25, 0.3) is 5.91 Å². The monoisotopic (exact) mass is 313 g/mol. The molecule has 2 rings (SSSR count). The van der Waals surface area contributed by atoms with E-state index in [1.54, 1.807) is 16.7 Å². The number of rotatable bonds is 3. The maximum absolute atomic E-state index is 12.2. The van der Waals surface area contributed by atoms with E-state index in [9.17, 15) is 19.7 Å². The first-order chi connectivity index (χ1) is 10.0. The first-order valence-electron chi connectivity index (χ1n) is 6.48. The number of hydrogen-bond acceptors (Lipinski definition) is 6. The number of nitrogens with zero attached hydrogens (tertiary/aromatic N) is 3. The van der Waals surface area contributed by atoms with Crippen LogP contribution in [-0.4, -0.2) is 59.5 Å². The molecule has 0 aromatic carbocycles. The fourth-order valence-corrected chi connectivity index (χ4v) is 2.79. The zero-order valence-corrected chi connectivity index (χ0v) is 12.3. The lowest BCUT2D eigenvalue weighted by Crippen LogP contribution is -2.50. The number of piperazine rings is 1. The molecule has 0 spiro atoms. The second kappa shape index (κ2) is 6.53. The van der Waals surface area contributed by atoms with Crippen molar-refractivity contribution in [3.8, 4) is 0 Å². The molecule has 1 aromatic rings. The Balaban J connectivity index is 1.93. The van der Waals surface area contributed by atoms with Crippen molar-refractivity contribution in [2.45, 2.75) is 6.92 Å². The number of carbonyl (C=O) groups is 2. The molecule has 0 N–H and O–H groups in total. The zero-order chi connectivity index (χ0) is 15.4. The Morgan fingerprint density at radius 2 is 1.90 bits per heavy atom. The van der Waals surface area contributed by atoms with Crippen LogP contribution in [0.1, 0.15) is 16.6 Å². The molecule has 1 aromatic heterocycles. The molecule has 0 aliphatic carbocycles. The van der Waals surface area contributed by atoms with Crippen molar-refractivity contribution in [1.82, 2.24) is 9.80 Å². The van der Waals surface area contributed by atoms with Crippen LogP contribution in [0.15, 0.2) is 12.1 Å². The normalized spacial score (nSPS) is 14.9. The molecule has 21 heavy (non-hydrogen) atoms. The third-order valence-corrected chi connectivity index (χ3v) is 4.10. The predicted molar refractivity (Wildman–Crippen MR) is 75.5 cm³/mol. The number of hydrogen-bond donors (Lipinski definition) is 0. The molecule has 2 amide bonds. The standard InChI is InChI=1S/C12H15N3O5S/c1-2-20-12(17)14-7-5-13(6-8-14)11(16)9-3-4-10(21-9)15(18)19/h3-4H,2,5-8H2,1H3. The van der Waals surface area contributed by atoms with Crippen molar-refractivity contribution in [1.29, 1.82) is 0 Å². The van der Waals surface area contributed by atoms with E-state index in [0.717, 1.165) is 11.3 Å². The zero-order valence-electron chi connectivity index (χ0n) is 11.5. The molecule has 0 bridgehead atoms. The second-order valence-corrected chi connectivity index (χ2v) is 5.44. The second-order valence-electron chi connectivity index (χ2n) is 4.37. The Morgan fingerprint density at radius 1 is 1.29 bits per heavy atom. The number of thiophene rings is 1. The third-order valence-electron chi connectivity index (χ3n) is 3.08. The maximum atomic E-state index is 12.2. The number of ether oxygens (including phenoxy) is 1. The van der Waals surface area contributed by atoms with Crippen LogP contribution in [-0.2, 0) is 4.74 Å². The van der Waals surface area contributed by atoms with E-state index in [-0.39, 0.29) is 17.0 Å². The summed E-state index contributed by atoms with van der Waals surface area (Å²) in [5.74, 6) is -0.239. The van der Waals surface area contributed by atoms with Crippen LogP contribution in [0.5, 0.6) is 0 Å². The Hall–Kier alpha value is -2.16. The summed E-state index contributed by atoms with van der Waals surface area (Å²) in [5.41, 5.74) is 0. The van der Waals surface area contributed by atoms with E-state index in [2.05, 4.69) is 0 Å². The highest BCUT2D eigenvalue weighted by atomic mass is 32.1. The fraction of sp³-hybridized carbons (Fsp3) is 0.500. The summed E-state index contributed by atoms with van der Waals surface area (Å²) in [6, 6.07) is 2.79. The van der Waals surface area contributed by atoms with Crippen LogP contribution in [0.4, 0.5) is 9.80 Å². The quantitative estimate of drug-likeness (QED) is 0.624. The average molecular weight is 313 g/mol. The van der Waals surface area contributed by atoms with Gasteiger partial charge in [0.1, 0.15) is 0 Å². The van der Waals surface area contributed by atoms with Crippen LogP contribution in [0, 0.1) is 10.1 Å². The molecule has 114 valence electrons. The van der Waals surface area contributed by atoms with Gasteiger partial charge >= 0.3 is 11.1 Å². The largest absolute Gasteiger partial charge is 0.450 e. The van der Waals surface area contributed by atoms with Gasteiger partial charge in [-0.1, -0.05) is 11.3 Å². The van der Waals surface area contributed by atoms with Crippen LogP contribution >= 0.6 is 11.3 Å². The van der Waals surface area contributed by atoms with E-state index in [4.69, 9.17) is 4.74 Å². The van der Waals surface area contributed by atoms with Gasteiger partial charge < -0.3 is 14.5 Å². The minimum absolute atomic E-state index is 0.0523. The molecule has 9 heteroatoms. The molecule has 1 aliphatic rings. The van der Waals surface area contributed by atoms with E-state index in [1.807, 2.05) is 0 Å². The molecule has 0 saturated carbocycles. The third kappa shape index (κ3) is 3.48. The Labute approximate surface area is 125 Å². The van der Waals surface area contributed by atoms with Crippen LogP contribution in [0.2, 0.25) is 0 Å². The number of nitro groups is 1. The van der Waals surface area contributed by atoms with Gasteiger partial charge in [-0.2, -0.15) is 0 Å². The number of carbonyl (C=O) groups excluding carboxylic acids is 2. The van der Waals surface area contributed by atoms with Crippen molar-refractivity contribution < 1.29 is 19.2 Å². The average Bonchev–Trinajstić information content (AvgIpc) is 2.97. The van der Waals surface area contributed by atoms with Gasteiger partial charge in [0.05, 0.1) is 16.4 Å². The molecule has 0 radical (unpaired) electrons. The topological polar surface area (TPSA) is 93.0 Å². The highest BCUT2D eigenvalue weighted by molar-refractivity contribution is 7.17. The van der Waals surface area contributed by atoms with E-state index >= 15 is 0 Å². The molecule has 1 aliphatic heterocycles. The van der Waals surface area contributed by atoms with E-state index in [0.29, 0.717) is 37.7 Å². The molecule has 1 fully saturated rings. The Bertz CT molecular complexity index is 551. The Morgan fingerprint density at radius 3 is 2.43 bits per heavy atom. The molecule has 0 unspecified atom stereocenters. The van der Waals surface area contributed by atoms with E-state index < -0.39 is 4.92 Å². The lowest BCUT2D eigenvalue weighted by Gasteiger charge is -2.33. The highest BCUT2D eigenvalue weighted by Gasteiger charge is 2.27. The molecule has 8 nitrogen and oxygen atoms in total. The smallest absolute Gasteiger partial charge is 0.409 e. The highest BCUT2D eigenvalue weighted by Crippen LogP contribution is 2.25. The van der Waals surface area contributed by atoms with Crippen LogP contribution in [0.25, 0.3) is 0 Å². The van der Waals surface area contributed by atoms with E-state index in [1.165, 1.54) is 12.1 Å². The van der Waals surface area contributed by atoms with Crippen molar-refractivity contribution in [2.24, 2.45) is 0 Å². The SMILES string of the molecule is CCOC(=O)N1CCN(C(=O)c2ccc([N+](=O)[O-])s2)CC1. The summed E-state index contributed by atoms with van der Waals surface area (Å²) in [5, 5.41) is 10.6. The van der Waals surface area contributed by atoms with Crippen molar-refractivity contribution in [3.05, 3.63) is 27.1 Å². The lowest BCUT2D eigenvalue weighted by atomic mass is 10.3. The minimum atomic E-state index is -0.514. The summed E-state index contributed by atoms with van der Waals surface area (Å²) in [6.07, 6.45) is -0.378. The molecular weight excluding hydrogens is 298 g/mol. The fourth-order valence-electron chi connectivity index (χ4n) is 2.00. The van der Waals surface area contributed by atoms with Gasteiger partial charge in [-0.3, -0.25) is 14.9 Å². The van der Waals surface area contributed by atoms with Gasteiger partial charge in [0.15, 0.2) is 0 Å². The molecule has 2 heterocycles. The summed E-state index contributed by atoms with van der Waals surface area (Å²) in [6.45, 7) is 3.64. The summed E-state index contributed by atoms with van der Waals surface area (Å²) in [4.78, 5) is 37.4. The maximum Gasteiger partial charge on any atom is 0.409 e. The van der Waals surface area contributed by atoms with Gasteiger partial charge in [0.2, 0.25) is 0 Å². The summed E-state index contributed by atoms with van der Waals surface area (Å²) in [7, 11) is 0. The first kappa shape index (κ1) is 15.2. The van der Waals surface area contributed by atoms with Gasteiger partial charge in [-0.25, -0.2) is 4.79 Å². The molecule has 1 saturated heterocycles. The van der Waals surface area contributed by atoms with Crippen LogP contribution in [0.3, 0.4) is 0 Å². The minimum Gasteiger partial charge on any atom is -0.450 e. The lowest BCUT2D eigenvalue weighted by molar-refractivity contribution is -0.380. The first-order valence-corrected chi connectivity index (χ1v) is 7.29.